The molecule has 0 bridgehead atoms. The molecule has 1 fully saturated rings. The summed E-state index contributed by atoms with van der Waals surface area (Å²) in [6.45, 7) is 0.765. The van der Waals surface area contributed by atoms with Crippen LogP contribution >= 0.6 is 11.6 Å². The summed E-state index contributed by atoms with van der Waals surface area (Å²) in [4.78, 5) is 29.9. The monoisotopic (exact) mass is 570 g/mol. The fraction of sp³-hybridized carbons (Fsp3) is 0.407. The van der Waals surface area contributed by atoms with Gasteiger partial charge in [0.1, 0.15) is 0 Å². The van der Waals surface area contributed by atoms with E-state index >= 15 is 0 Å². The normalized spacial score (nSPS) is 23.3. The van der Waals surface area contributed by atoms with E-state index in [0.717, 1.165) is 24.7 Å². The van der Waals surface area contributed by atoms with Crippen LogP contribution in [-0.4, -0.2) is 65.0 Å². The van der Waals surface area contributed by atoms with E-state index in [1.165, 1.54) is 0 Å². The van der Waals surface area contributed by atoms with Gasteiger partial charge in [0, 0.05) is 35.4 Å². The second-order valence-electron chi connectivity index (χ2n) is 10.1. The Balaban J connectivity index is 1.58. The smallest absolute Gasteiger partial charge is 0.255 e. The zero-order valence-corrected chi connectivity index (χ0v) is 23.1. The second-order valence-corrected chi connectivity index (χ2v) is 12.3. The molecule has 10 nitrogen and oxygen atoms in total. The minimum atomic E-state index is -3.52. The summed E-state index contributed by atoms with van der Waals surface area (Å²) >= 11 is 6.21. The SMILES string of the molecule is CS(=O)(=O)N[C@H]1CCCC[C@@H]1N1C(=O)c2ccccc2[C@@H](C(=O)NCCn2ccnn2)[C@@H]1c1ccc(Cl)cc1. The average molecular weight is 571 g/mol. The number of rotatable bonds is 8. The Labute approximate surface area is 232 Å². The van der Waals surface area contributed by atoms with Crippen molar-refractivity contribution in [3.8, 4) is 0 Å². The molecule has 2 heterocycles. The molecular weight excluding hydrogens is 540 g/mol. The molecule has 1 aliphatic heterocycles. The van der Waals surface area contributed by atoms with Crippen molar-refractivity contribution in [1.82, 2.24) is 29.9 Å². The van der Waals surface area contributed by atoms with Crippen LogP contribution in [0.15, 0.2) is 60.9 Å². The van der Waals surface area contributed by atoms with Crippen LogP contribution in [0.25, 0.3) is 0 Å². The molecule has 0 spiro atoms. The third-order valence-corrected chi connectivity index (χ3v) is 8.42. The molecule has 2 aliphatic rings. The van der Waals surface area contributed by atoms with Gasteiger partial charge in [0.15, 0.2) is 0 Å². The number of fused-ring (bicyclic) bond motifs is 1. The van der Waals surface area contributed by atoms with Crippen LogP contribution < -0.4 is 10.0 Å². The Hall–Kier alpha value is -3.28. The molecule has 2 N–H and O–H groups in total. The van der Waals surface area contributed by atoms with Gasteiger partial charge in [0.25, 0.3) is 5.91 Å². The molecule has 1 saturated carbocycles. The number of benzene rings is 2. The number of hydrogen-bond donors (Lipinski definition) is 2. The Morgan fingerprint density at radius 2 is 1.85 bits per heavy atom. The lowest BCUT2D eigenvalue weighted by molar-refractivity contribution is -0.124. The Morgan fingerprint density at radius 3 is 2.56 bits per heavy atom. The van der Waals surface area contributed by atoms with Gasteiger partial charge in [-0.25, -0.2) is 13.1 Å². The highest BCUT2D eigenvalue weighted by molar-refractivity contribution is 7.88. The predicted molar refractivity (Wildman–Crippen MR) is 147 cm³/mol. The zero-order chi connectivity index (χ0) is 27.6. The van der Waals surface area contributed by atoms with Crippen LogP contribution in [0, 0.1) is 0 Å². The van der Waals surface area contributed by atoms with Gasteiger partial charge in [-0.15, -0.1) is 5.10 Å². The summed E-state index contributed by atoms with van der Waals surface area (Å²) in [5, 5.41) is 11.3. The van der Waals surface area contributed by atoms with Crippen molar-refractivity contribution in [2.24, 2.45) is 0 Å². The van der Waals surface area contributed by atoms with Crippen LogP contribution in [0.3, 0.4) is 0 Å². The fourth-order valence-electron chi connectivity index (χ4n) is 5.83. The summed E-state index contributed by atoms with van der Waals surface area (Å²) < 4.78 is 29.0. The van der Waals surface area contributed by atoms with Crippen molar-refractivity contribution in [1.29, 1.82) is 0 Å². The van der Waals surface area contributed by atoms with E-state index in [9.17, 15) is 18.0 Å². The maximum absolute atomic E-state index is 14.2. The maximum atomic E-state index is 14.2. The number of aromatic nitrogens is 3. The van der Waals surface area contributed by atoms with E-state index in [0.29, 0.717) is 42.1 Å². The number of sulfonamides is 1. The van der Waals surface area contributed by atoms with Gasteiger partial charge in [-0.1, -0.05) is 60.0 Å². The standard InChI is InChI=1S/C27H31ClN6O4S/c1-39(37,38)31-22-8-4-5-9-23(22)34-25(18-10-12-19(28)13-11-18)24(20-6-2-3-7-21(20)27(34)36)26(35)29-14-16-33-17-15-30-32-33/h2-3,6-7,10-13,15,17,22-25,31H,4-5,8-9,14,16H2,1H3,(H,29,35)/t22-,23-,24+,25-/m0/s1. The molecule has 0 radical (unpaired) electrons. The number of hydrogen-bond acceptors (Lipinski definition) is 6. The van der Waals surface area contributed by atoms with Crippen molar-refractivity contribution >= 4 is 33.4 Å². The molecule has 0 saturated heterocycles. The Morgan fingerprint density at radius 1 is 1.10 bits per heavy atom. The zero-order valence-electron chi connectivity index (χ0n) is 21.5. The van der Waals surface area contributed by atoms with E-state index in [4.69, 9.17) is 11.6 Å². The lowest BCUT2D eigenvalue weighted by Gasteiger charge is -2.49. The van der Waals surface area contributed by atoms with Crippen molar-refractivity contribution in [3.63, 3.8) is 0 Å². The van der Waals surface area contributed by atoms with Gasteiger partial charge in [0.05, 0.1) is 31.0 Å². The van der Waals surface area contributed by atoms with Crippen molar-refractivity contribution in [3.05, 3.63) is 82.6 Å². The van der Waals surface area contributed by atoms with Gasteiger partial charge in [-0.3, -0.25) is 14.3 Å². The molecule has 39 heavy (non-hydrogen) atoms. The quantitative estimate of drug-likeness (QED) is 0.429. The van der Waals surface area contributed by atoms with Crippen molar-refractivity contribution in [2.75, 3.05) is 12.8 Å². The van der Waals surface area contributed by atoms with Crippen LogP contribution in [0.4, 0.5) is 0 Å². The number of amides is 2. The van der Waals surface area contributed by atoms with Crippen LogP contribution in [0.5, 0.6) is 0 Å². The molecule has 0 unspecified atom stereocenters. The first-order valence-electron chi connectivity index (χ1n) is 13.0. The van der Waals surface area contributed by atoms with Gasteiger partial charge in [-0.05, 0) is 42.2 Å². The highest BCUT2D eigenvalue weighted by Gasteiger charge is 2.48. The molecule has 12 heteroatoms. The lowest BCUT2D eigenvalue weighted by atomic mass is 9.76. The number of nitrogens with zero attached hydrogens (tertiary/aromatic N) is 4. The molecule has 2 amide bonds. The van der Waals surface area contributed by atoms with E-state index < -0.39 is 34.1 Å². The van der Waals surface area contributed by atoms with Crippen molar-refractivity contribution in [2.45, 2.75) is 56.3 Å². The predicted octanol–water partition coefficient (Wildman–Crippen LogP) is 2.89. The summed E-state index contributed by atoms with van der Waals surface area (Å²) in [7, 11) is -3.52. The molecule has 206 valence electrons. The molecule has 4 atom stereocenters. The largest absolute Gasteiger partial charge is 0.354 e. The first-order valence-corrected chi connectivity index (χ1v) is 15.3. The Kier molecular flexibility index (Phi) is 8.01. The third-order valence-electron chi connectivity index (χ3n) is 7.43. The van der Waals surface area contributed by atoms with E-state index in [1.54, 1.807) is 46.2 Å². The van der Waals surface area contributed by atoms with Crippen molar-refractivity contribution < 1.29 is 18.0 Å². The van der Waals surface area contributed by atoms with Crippen LogP contribution in [0.2, 0.25) is 5.02 Å². The number of halogens is 1. The van der Waals surface area contributed by atoms with Crippen LogP contribution in [0.1, 0.15) is 59.1 Å². The summed E-state index contributed by atoms with van der Waals surface area (Å²) in [6.07, 6.45) is 7.34. The first kappa shape index (κ1) is 27.3. The highest BCUT2D eigenvalue weighted by Crippen LogP contribution is 2.46. The topological polar surface area (TPSA) is 126 Å². The van der Waals surface area contributed by atoms with Gasteiger partial charge >= 0.3 is 0 Å². The lowest BCUT2D eigenvalue weighted by Crippen LogP contribution is -2.59. The van der Waals surface area contributed by atoms with E-state index in [-0.39, 0.29) is 11.8 Å². The van der Waals surface area contributed by atoms with E-state index in [1.807, 2.05) is 24.3 Å². The maximum Gasteiger partial charge on any atom is 0.255 e. The van der Waals surface area contributed by atoms with Gasteiger partial charge < -0.3 is 10.2 Å². The van der Waals surface area contributed by atoms with Crippen LogP contribution in [-0.2, 0) is 21.4 Å². The molecule has 3 aromatic rings. The minimum Gasteiger partial charge on any atom is -0.354 e. The summed E-state index contributed by atoms with van der Waals surface area (Å²) in [6, 6.07) is 12.8. The minimum absolute atomic E-state index is 0.218. The number of nitrogens with one attached hydrogen (secondary N) is 2. The molecular formula is C27H31ClN6O4S. The first-order chi connectivity index (χ1) is 18.7. The Bertz CT molecular complexity index is 1430. The fourth-order valence-corrected chi connectivity index (χ4v) is 6.78. The summed E-state index contributed by atoms with van der Waals surface area (Å²) in [5.41, 5.74) is 1.84. The number of carbonyl (C=O) groups is 2. The molecule has 2 aromatic carbocycles. The molecule has 1 aliphatic carbocycles. The average Bonchev–Trinajstić information content (AvgIpc) is 3.42. The van der Waals surface area contributed by atoms with E-state index in [2.05, 4.69) is 20.4 Å². The second kappa shape index (κ2) is 11.4. The number of carbonyl (C=O) groups excluding carboxylic acids is 2. The summed E-state index contributed by atoms with van der Waals surface area (Å²) in [5.74, 6) is -1.18. The van der Waals surface area contributed by atoms with Gasteiger partial charge in [-0.2, -0.15) is 0 Å². The molecule has 1 aromatic heterocycles. The highest BCUT2D eigenvalue weighted by atomic mass is 35.5. The molecule has 5 rings (SSSR count). The third kappa shape index (κ3) is 6.00. The van der Waals surface area contributed by atoms with Gasteiger partial charge in [0.2, 0.25) is 15.9 Å².